The third-order valence-electron chi connectivity index (χ3n) is 3.07. The first-order valence-corrected chi connectivity index (χ1v) is 6.49. The number of nitrogens with zero attached hydrogens (tertiary/aromatic N) is 2. The summed E-state index contributed by atoms with van der Waals surface area (Å²) in [6.07, 6.45) is 1.56. The van der Waals surface area contributed by atoms with E-state index < -0.39 is 0 Å². The van der Waals surface area contributed by atoms with Gasteiger partial charge in [0.1, 0.15) is 5.15 Å². The molecule has 0 bridgehead atoms. The summed E-state index contributed by atoms with van der Waals surface area (Å²) in [6, 6.07) is 8.18. The second-order valence-electron chi connectivity index (χ2n) is 4.26. The molecule has 1 N–H and O–H groups in total. The minimum Gasteiger partial charge on any atom is -0.396 e. The summed E-state index contributed by atoms with van der Waals surface area (Å²) in [6.45, 7) is 4.12. The average Bonchev–Trinajstić information content (AvgIpc) is 2.67. The van der Waals surface area contributed by atoms with Crippen LogP contribution in [0.1, 0.15) is 23.7 Å². The highest BCUT2D eigenvalue weighted by molar-refractivity contribution is 6.30. The highest BCUT2D eigenvalue weighted by atomic mass is 35.5. The van der Waals surface area contributed by atoms with Gasteiger partial charge in [0.05, 0.1) is 11.4 Å². The quantitative estimate of drug-likeness (QED) is 0.922. The van der Waals surface area contributed by atoms with Gasteiger partial charge in [-0.1, -0.05) is 30.7 Å². The van der Waals surface area contributed by atoms with Crippen LogP contribution in [-0.4, -0.2) is 21.5 Å². The smallest absolute Gasteiger partial charge is 0.136 e. The highest BCUT2D eigenvalue weighted by Crippen LogP contribution is 2.24. The maximum Gasteiger partial charge on any atom is 0.136 e. The van der Waals surface area contributed by atoms with Gasteiger partial charge in [0, 0.05) is 18.6 Å². The number of rotatable bonds is 4. The molecule has 2 aromatic rings. The lowest BCUT2D eigenvalue weighted by Crippen LogP contribution is -1.97. The third-order valence-corrected chi connectivity index (χ3v) is 3.46. The molecule has 0 unspecified atom stereocenters. The van der Waals surface area contributed by atoms with Crippen LogP contribution >= 0.6 is 11.6 Å². The van der Waals surface area contributed by atoms with E-state index in [0.717, 1.165) is 23.4 Å². The van der Waals surface area contributed by atoms with Crippen LogP contribution < -0.4 is 0 Å². The fraction of sp³-hybridized carbons (Fsp3) is 0.357. The van der Waals surface area contributed by atoms with E-state index in [1.165, 1.54) is 5.56 Å². The van der Waals surface area contributed by atoms with Crippen molar-refractivity contribution in [2.24, 2.45) is 0 Å². The van der Waals surface area contributed by atoms with Gasteiger partial charge in [0.15, 0.2) is 0 Å². The predicted molar refractivity (Wildman–Crippen MR) is 73.5 cm³/mol. The van der Waals surface area contributed by atoms with Crippen LogP contribution in [0, 0.1) is 6.92 Å². The van der Waals surface area contributed by atoms with E-state index in [2.05, 4.69) is 24.2 Å². The summed E-state index contributed by atoms with van der Waals surface area (Å²) < 4.78 is 1.72. The maximum absolute atomic E-state index is 9.02. The van der Waals surface area contributed by atoms with Crippen LogP contribution in [0.3, 0.4) is 0 Å². The minimum absolute atomic E-state index is 0.0844. The summed E-state index contributed by atoms with van der Waals surface area (Å²) in [5.74, 6) is 0. The molecule has 0 aliphatic rings. The molecule has 18 heavy (non-hydrogen) atoms. The van der Waals surface area contributed by atoms with E-state index in [0.29, 0.717) is 11.6 Å². The molecule has 0 saturated heterocycles. The van der Waals surface area contributed by atoms with Crippen molar-refractivity contribution in [1.82, 2.24) is 9.78 Å². The van der Waals surface area contributed by atoms with Gasteiger partial charge >= 0.3 is 0 Å². The number of aromatic nitrogens is 2. The van der Waals surface area contributed by atoms with Crippen molar-refractivity contribution in [1.29, 1.82) is 0 Å². The zero-order valence-electron chi connectivity index (χ0n) is 10.7. The van der Waals surface area contributed by atoms with E-state index in [1.807, 2.05) is 19.1 Å². The molecule has 1 aromatic heterocycles. The Kier molecular flexibility index (Phi) is 4.04. The maximum atomic E-state index is 9.02. The first-order valence-electron chi connectivity index (χ1n) is 6.11. The number of aliphatic hydroxyl groups excluding tert-OH is 1. The number of benzene rings is 1. The summed E-state index contributed by atoms with van der Waals surface area (Å²) in [7, 11) is 0. The Morgan fingerprint density at radius 1 is 1.28 bits per heavy atom. The predicted octanol–water partition coefficient (Wildman–Crippen LogP) is 2.93. The number of aliphatic hydroxyl groups is 1. The van der Waals surface area contributed by atoms with E-state index in [1.54, 1.807) is 4.68 Å². The summed E-state index contributed by atoms with van der Waals surface area (Å²) >= 11 is 6.31. The van der Waals surface area contributed by atoms with Gasteiger partial charge in [-0.2, -0.15) is 5.10 Å². The van der Waals surface area contributed by atoms with Crippen molar-refractivity contribution in [3.05, 3.63) is 46.2 Å². The van der Waals surface area contributed by atoms with Crippen LogP contribution in [0.15, 0.2) is 24.3 Å². The van der Waals surface area contributed by atoms with Gasteiger partial charge in [-0.15, -0.1) is 0 Å². The van der Waals surface area contributed by atoms with Gasteiger partial charge in [-0.3, -0.25) is 0 Å². The van der Waals surface area contributed by atoms with Gasteiger partial charge in [0.2, 0.25) is 0 Å². The fourth-order valence-electron chi connectivity index (χ4n) is 1.97. The Hall–Kier alpha value is -1.32. The zero-order valence-corrected chi connectivity index (χ0v) is 11.4. The molecular weight excluding hydrogens is 248 g/mol. The molecule has 0 aliphatic heterocycles. The Balaban J connectivity index is 2.40. The average molecular weight is 265 g/mol. The molecular formula is C14H17ClN2O. The van der Waals surface area contributed by atoms with Crippen molar-refractivity contribution in [3.63, 3.8) is 0 Å². The Bertz CT molecular complexity index is 531. The second-order valence-corrected chi connectivity index (χ2v) is 4.62. The van der Waals surface area contributed by atoms with Crippen LogP contribution in [-0.2, 0) is 12.8 Å². The number of aryl methyl sites for hydroxylation is 2. The molecule has 0 radical (unpaired) electrons. The third kappa shape index (κ3) is 2.42. The van der Waals surface area contributed by atoms with Gasteiger partial charge in [-0.25, -0.2) is 4.68 Å². The SMILES string of the molecule is CCc1ccc(-n2nc(C)c(CCO)c2Cl)cc1. The van der Waals surface area contributed by atoms with Crippen LogP contribution in [0.5, 0.6) is 0 Å². The topological polar surface area (TPSA) is 38.0 Å². The van der Waals surface area contributed by atoms with Crippen LogP contribution in [0.2, 0.25) is 5.15 Å². The lowest BCUT2D eigenvalue weighted by molar-refractivity contribution is 0.299. The first kappa shape index (κ1) is 13.1. The van der Waals surface area contributed by atoms with Crippen molar-refractivity contribution < 1.29 is 5.11 Å². The molecule has 1 aromatic carbocycles. The van der Waals surface area contributed by atoms with Crippen molar-refractivity contribution >= 4 is 11.6 Å². The zero-order chi connectivity index (χ0) is 13.1. The minimum atomic E-state index is 0.0844. The van der Waals surface area contributed by atoms with Gasteiger partial charge in [-0.05, 0) is 31.0 Å². The molecule has 0 fully saturated rings. The summed E-state index contributed by atoms with van der Waals surface area (Å²) in [5.41, 5.74) is 4.02. The Morgan fingerprint density at radius 3 is 2.50 bits per heavy atom. The van der Waals surface area contributed by atoms with E-state index >= 15 is 0 Å². The molecule has 0 atom stereocenters. The van der Waals surface area contributed by atoms with Crippen molar-refractivity contribution in [2.75, 3.05) is 6.61 Å². The molecule has 0 aliphatic carbocycles. The number of hydrogen-bond donors (Lipinski definition) is 1. The molecule has 0 amide bonds. The summed E-state index contributed by atoms with van der Waals surface area (Å²) in [5, 5.41) is 14.0. The number of halogens is 1. The van der Waals surface area contributed by atoms with Gasteiger partial charge < -0.3 is 5.11 Å². The molecule has 3 nitrogen and oxygen atoms in total. The molecule has 2 rings (SSSR count). The molecule has 0 saturated carbocycles. The monoisotopic (exact) mass is 264 g/mol. The van der Waals surface area contributed by atoms with Crippen molar-refractivity contribution in [2.45, 2.75) is 26.7 Å². The highest BCUT2D eigenvalue weighted by Gasteiger charge is 2.13. The fourth-order valence-corrected chi connectivity index (χ4v) is 2.34. The summed E-state index contributed by atoms with van der Waals surface area (Å²) in [4.78, 5) is 0. The number of hydrogen-bond acceptors (Lipinski definition) is 2. The van der Waals surface area contributed by atoms with Crippen LogP contribution in [0.25, 0.3) is 5.69 Å². The van der Waals surface area contributed by atoms with E-state index in [4.69, 9.17) is 16.7 Å². The van der Waals surface area contributed by atoms with E-state index in [-0.39, 0.29) is 6.61 Å². The second kappa shape index (κ2) is 5.55. The first-order chi connectivity index (χ1) is 8.67. The Labute approximate surface area is 112 Å². The molecule has 0 spiro atoms. The lowest BCUT2D eigenvalue weighted by atomic mass is 10.1. The van der Waals surface area contributed by atoms with Gasteiger partial charge in [0.25, 0.3) is 0 Å². The van der Waals surface area contributed by atoms with Crippen LogP contribution in [0.4, 0.5) is 0 Å². The largest absolute Gasteiger partial charge is 0.396 e. The lowest BCUT2D eigenvalue weighted by Gasteiger charge is -2.04. The molecule has 4 heteroatoms. The Morgan fingerprint density at radius 2 is 1.94 bits per heavy atom. The standard InChI is InChI=1S/C14H17ClN2O/c1-3-11-4-6-12(7-5-11)17-14(15)13(8-9-18)10(2)16-17/h4-7,18H,3,8-9H2,1-2H3. The van der Waals surface area contributed by atoms with E-state index in [9.17, 15) is 0 Å². The molecule has 1 heterocycles. The van der Waals surface area contributed by atoms with Crippen molar-refractivity contribution in [3.8, 4) is 5.69 Å². The molecule has 96 valence electrons. The normalized spacial score (nSPS) is 10.9.